The Bertz CT molecular complexity index is 969. The number of benzene rings is 2. The maximum Gasteiger partial charge on any atom is 0.196 e. The Balaban J connectivity index is 1.97. The molecule has 3 nitrogen and oxygen atoms in total. The number of ketones is 1. The molecule has 0 unspecified atom stereocenters. The van der Waals surface area contributed by atoms with Crippen LogP contribution in [0.25, 0.3) is 21.1 Å². The van der Waals surface area contributed by atoms with Gasteiger partial charge in [0.15, 0.2) is 5.78 Å². The average Bonchev–Trinajstić information content (AvgIpc) is 3.02. The monoisotopic (exact) mass is 290 g/mol. The molecule has 0 radical (unpaired) electrons. The molecule has 21 heavy (non-hydrogen) atoms. The zero-order valence-corrected chi connectivity index (χ0v) is 11.8. The van der Waals surface area contributed by atoms with Gasteiger partial charge in [0, 0.05) is 22.7 Å². The number of thiophene rings is 1. The first-order valence-electron chi connectivity index (χ1n) is 6.55. The molecule has 0 atom stereocenters. The average molecular weight is 290 g/mol. The van der Waals surface area contributed by atoms with E-state index in [4.69, 9.17) is 0 Å². The van der Waals surface area contributed by atoms with Crippen molar-refractivity contribution < 1.29 is 4.79 Å². The zero-order chi connectivity index (χ0) is 14.2. The van der Waals surface area contributed by atoms with Crippen molar-refractivity contribution in [1.82, 2.24) is 9.97 Å². The van der Waals surface area contributed by atoms with E-state index in [1.807, 2.05) is 47.8 Å². The Morgan fingerprint density at radius 1 is 0.905 bits per heavy atom. The Morgan fingerprint density at radius 2 is 1.71 bits per heavy atom. The summed E-state index contributed by atoms with van der Waals surface area (Å²) in [7, 11) is 0. The van der Waals surface area contributed by atoms with Gasteiger partial charge in [-0.1, -0.05) is 18.2 Å². The van der Waals surface area contributed by atoms with Crippen molar-refractivity contribution in [3.05, 3.63) is 71.4 Å². The van der Waals surface area contributed by atoms with Gasteiger partial charge in [0.1, 0.15) is 0 Å². The lowest BCUT2D eigenvalue weighted by molar-refractivity contribution is 0.104. The standard InChI is InChI=1S/C17H10N2OS/c20-16(13-5-1-3-11-7-10-21-17(11)13)12-4-2-6-14-15(12)19-9-8-18-14/h1-10H. The number of carbonyl (C=O) groups excluding carboxylic acids is 1. The topological polar surface area (TPSA) is 42.9 Å². The molecule has 0 saturated heterocycles. The van der Waals surface area contributed by atoms with Crippen molar-refractivity contribution in [2.75, 3.05) is 0 Å². The Kier molecular flexibility index (Phi) is 2.75. The van der Waals surface area contributed by atoms with Crippen molar-refractivity contribution in [2.24, 2.45) is 0 Å². The van der Waals surface area contributed by atoms with E-state index < -0.39 is 0 Å². The van der Waals surface area contributed by atoms with E-state index in [1.165, 1.54) is 0 Å². The molecule has 4 rings (SSSR count). The van der Waals surface area contributed by atoms with Crippen LogP contribution in [0.15, 0.2) is 60.2 Å². The fourth-order valence-electron chi connectivity index (χ4n) is 2.49. The van der Waals surface area contributed by atoms with E-state index in [9.17, 15) is 4.79 Å². The third-order valence-corrected chi connectivity index (χ3v) is 4.43. The van der Waals surface area contributed by atoms with Gasteiger partial charge >= 0.3 is 0 Å². The van der Waals surface area contributed by atoms with Crippen LogP contribution >= 0.6 is 11.3 Å². The number of nitrogens with zero attached hydrogens (tertiary/aromatic N) is 2. The molecule has 0 bridgehead atoms. The zero-order valence-electron chi connectivity index (χ0n) is 11.0. The van der Waals surface area contributed by atoms with E-state index in [0.29, 0.717) is 11.1 Å². The highest BCUT2D eigenvalue weighted by atomic mass is 32.1. The minimum Gasteiger partial charge on any atom is -0.288 e. The lowest BCUT2D eigenvalue weighted by Gasteiger charge is -2.05. The van der Waals surface area contributed by atoms with E-state index in [2.05, 4.69) is 9.97 Å². The SMILES string of the molecule is O=C(c1cccc2nccnc12)c1cccc2ccsc12. The first kappa shape index (κ1) is 12.2. The minimum atomic E-state index is -0.00542. The quantitative estimate of drug-likeness (QED) is 0.522. The van der Waals surface area contributed by atoms with Gasteiger partial charge < -0.3 is 0 Å². The molecule has 0 N–H and O–H groups in total. The Hall–Kier alpha value is -2.59. The predicted octanol–water partition coefficient (Wildman–Crippen LogP) is 4.08. The number of rotatable bonds is 2. The van der Waals surface area contributed by atoms with Gasteiger partial charge in [-0.05, 0) is 35.0 Å². The fraction of sp³-hybridized carbons (Fsp3) is 0. The van der Waals surface area contributed by atoms with Gasteiger partial charge in [-0.25, -0.2) is 0 Å². The smallest absolute Gasteiger partial charge is 0.196 e. The number of carbonyl (C=O) groups is 1. The normalized spacial score (nSPS) is 11.0. The second-order valence-electron chi connectivity index (χ2n) is 4.70. The molecule has 2 heterocycles. The Labute approximate surface area is 124 Å². The van der Waals surface area contributed by atoms with Crippen LogP contribution in [0.3, 0.4) is 0 Å². The van der Waals surface area contributed by atoms with Crippen molar-refractivity contribution >= 4 is 38.2 Å². The molecule has 2 aromatic heterocycles. The summed E-state index contributed by atoms with van der Waals surface area (Å²) < 4.78 is 1.02. The van der Waals surface area contributed by atoms with Crippen LogP contribution in [-0.4, -0.2) is 15.8 Å². The molecule has 0 fully saturated rings. The number of hydrogen-bond acceptors (Lipinski definition) is 4. The van der Waals surface area contributed by atoms with Gasteiger partial charge in [-0.2, -0.15) is 0 Å². The number of aromatic nitrogens is 2. The summed E-state index contributed by atoms with van der Waals surface area (Å²) in [6.45, 7) is 0. The minimum absolute atomic E-state index is 0.00542. The molecule has 0 aliphatic carbocycles. The third kappa shape index (κ3) is 1.92. The maximum absolute atomic E-state index is 12.9. The molecule has 0 spiro atoms. The summed E-state index contributed by atoms with van der Waals surface area (Å²) in [4.78, 5) is 21.5. The van der Waals surface area contributed by atoms with Gasteiger partial charge in [0.2, 0.25) is 0 Å². The van der Waals surface area contributed by atoms with Crippen molar-refractivity contribution in [2.45, 2.75) is 0 Å². The third-order valence-electron chi connectivity index (χ3n) is 3.47. The first-order chi connectivity index (χ1) is 10.3. The van der Waals surface area contributed by atoms with Gasteiger partial charge in [-0.3, -0.25) is 14.8 Å². The number of hydrogen-bond donors (Lipinski definition) is 0. The number of para-hydroxylation sites is 1. The van der Waals surface area contributed by atoms with Crippen LogP contribution in [0.5, 0.6) is 0 Å². The molecule has 4 heteroatoms. The van der Waals surface area contributed by atoms with E-state index in [1.54, 1.807) is 23.7 Å². The van der Waals surface area contributed by atoms with Gasteiger partial charge in [0.25, 0.3) is 0 Å². The molecule has 0 aliphatic heterocycles. The van der Waals surface area contributed by atoms with Crippen LogP contribution in [0.2, 0.25) is 0 Å². The highest BCUT2D eigenvalue weighted by Crippen LogP contribution is 2.27. The van der Waals surface area contributed by atoms with Gasteiger partial charge in [0.05, 0.1) is 16.6 Å². The fourth-order valence-corrected chi connectivity index (χ4v) is 3.40. The lowest BCUT2D eigenvalue weighted by Crippen LogP contribution is -2.03. The van der Waals surface area contributed by atoms with E-state index in [-0.39, 0.29) is 5.78 Å². The molecule has 2 aromatic carbocycles. The van der Waals surface area contributed by atoms with Crippen molar-refractivity contribution in [1.29, 1.82) is 0 Å². The largest absolute Gasteiger partial charge is 0.288 e. The molecule has 0 saturated carbocycles. The summed E-state index contributed by atoms with van der Waals surface area (Å²) in [5, 5.41) is 3.10. The van der Waals surface area contributed by atoms with Crippen LogP contribution in [-0.2, 0) is 0 Å². The lowest BCUT2D eigenvalue weighted by atomic mass is 10.0. The van der Waals surface area contributed by atoms with Crippen LogP contribution < -0.4 is 0 Å². The summed E-state index contributed by atoms with van der Waals surface area (Å²) in [5.74, 6) is -0.00542. The summed E-state index contributed by atoms with van der Waals surface area (Å²) in [6.07, 6.45) is 3.25. The summed E-state index contributed by atoms with van der Waals surface area (Å²) >= 11 is 1.59. The predicted molar refractivity (Wildman–Crippen MR) is 84.8 cm³/mol. The van der Waals surface area contributed by atoms with E-state index in [0.717, 1.165) is 21.2 Å². The molecule has 100 valence electrons. The highest BCUT2D eigenvalue weighted by Gasteiger charge is 2.16. The van der Waals surface area contributed by atoms with Gasteiger partial charge in [-0.15, -0.1) is 11.3 Å². The van der Waals surface area contributed by atoms with E-state index >= 15 is 0 Å². The van der Waals surface area contributed by atoms with Crippen molar-refractivity contribution in [3.8, 4) is 0 Å². The molecular weight excluding hydrogens is 280 g/mol. The maximum atomic E-state index is 12.9. The molecular formula is C17H10N2OS. The summed E-state index contributed by atoms with van der Waals surface area (Å²) in [5.41, 5.74) is 2.71. The Morgan fingerprint density at radius 3 is 2.67 bits per heavy atom. The number of fused-ring (bicyclic) bond motifs is 2. The molecule has 4 aromatic rings. The van der Waals surface area contributed by atoms with Crippen LogP contribution in [0.4, 0.5) is 0 Å². The first-order valence-corrected chi connectivity index (χ1v) is 7.43. The van der Waals surface area contributed by atoms with Crippen molar-refractivity contribution in [3.63, 3.8) is 0 Å². The molecule has 0 amide bonds. The van der Waals surface area contributed by atoms with Crippen LogP contribution in [0.1, 0.15) is 15.9 Å². The summed E-state index contributed by atoms with van der Waals surface area (Å²) in [6, 6.07) is 13.4. The second-order valence-corrected chi connectivity index (χ2v) is 5.62. The highest BCUT2D eigenvalue weighted by molar-refractivity contribution is 7.17. The van der Waals surface area contributed by atoms with Crippen LogP contribution in [0, 0.1) is 0 Å². The second kappa shape index (κ2) is 4.75. The molecule has 0 aliphatic rings.